The van der Waals surface area contributed by atoms with Crippen LogP contribution in [0.15, 0.2) is 59.3 Å². The number of nitrogens with zero attached hydrogens (tertiary/aromatic N) is 2. The summed E-state index contributed by atoms with van der Waals surface area (Å²) < 4.78 is 33.6. The molecule has 0 aliphatic carbocycles. The fourth-order valence-electron chi connectivity index (χ4n) is 2.87. The Morgan fingerprint density at radius 2 is 2.00 bits per heavy atom. The van der Waals surface area contributed by atoms with Crippen molar-refractivity contribution in [2.24, 2.45) is 0 Å². The van der Waals surface area contributed by atoms with Gasteiger partial charge in [-0.15, -0.1) is 0 Å². The first kappa shape index (κ1) is 17.5. The van der Waals surface area contributed by atoms with Gasteiger partial charge in [0.25, 0.3) is 0 Å². The summed E-state index contributed by atoms with van der Waals surface area (Å²) in [6.07, 6.45) is 4.49. The zero-order valence-electron chi connectivity index (χ0n) is 14.4. The summed E-state index contributed by atoms with van der Waals surface area (Å²) in [5.41, 5.74) is 2.63. The number of rotatable bonds is 5. The van der Waals surface area contributed by atoms with Crippen molar-refractivity contribution in [3.8, 4) is 11.3 Å². The normalized spacial score (nSPS) is 11.1. The number of benzene rings is 2. The van der Waals surface area contributed by atoms with Crippen LogP contribution in [0, 0.1) is 11.6 Å². The summed E-state index contributed by atoms with van der Waals surface area (Å²) in [5.74, 6) is 0.0931. The van der Waals surface area contributed by atoms with Crippen LogP contribution in [0.4, 0.5) is 20.4 Å². The Hall–Kier alpha value is -2.93. The van der Waals surface area contributed by atoms with E-state index in [-0.39, 0.29) is 22.6 Å². The highest BCUT2D eigenvalue weighted by Gasteiger charge is 2.16. The molecule has 0 aliphatic heterocycles. The van der Waals surface area contributed by atoms with E-state index in [2.05, 4.69) is 15.3 Å². The van der Waals surface area contributed by atoms with E-state index in [1.54, 1.807) is 11.8 Å². The first-order valence-electron chi connectivity index (χ1n) is 8.19. The molecule has 0 fully saturated rings. The molecule has 0 aliphatic rings. The second-order valence-electron chi connectivity index (χ2n) is 5.91. The average Bonchev–Trinajstić information content (AvgIpc) is 3.15. The number of hydrogen-bond donors (Lipinski definition) is 1. The van der Waals surface area contributed by atoms with Gasteiger partial charge in [-0.1, -0.05) is 12.1 Å². The van der Waals surface area contributed by atoms with E-state index in [0.717, 1.165) is 23.2 Å². The van der Waals surface area contributed by atoms with Crippen molar-refractivity contribution in [1.29, 1.82) is 0 Å². The van der Waals surface area contributed by atoms with Crippen molar-refractivity contribution in [3.05, 3.63) is 72.1 Å². The number of fused-ring (bicyclic) bond motifs is 1. The van der Waals surface area contributed by atoms with Crippen LogP contribution in [0.3, 0.4) is 0 Å². The van der Waals surface area contributed by atoms with Crippen LogP contribution in [-0.4, -0.2) is 16.2 Å². The van der Waals surface area contributed by atoms with Crippen LogP contribution >= 0.6 is 11.8 Å². The van der Waals surface area contributed by atoms with Gasteiger partial charge in [-0.2, -0.15) is 11.8 Å². The van der Waals surface area contributed by atoms with Crippen molar-refractivity contribution in [2.45, 2.75) is 5.75 Å². The molecule has 0 amide bonds. The highest BCUT2D eigenvalue weighted by Crippen LogP contribution is 2.32. The summed E-state index contributed by atoms with van der Waals surface area (Å²) in [6.45, 7) is 0. The molecule has 7 heteroatoms. The van der Waals surface area contributed by atoms with E-state index in [9.17, 15) is 8.78 Å². The fraction of sp³-hybridized carbons (Fsp3) is 0.100. The lowest BCUT2D eigenvalue weighted by Crippen LogP contribution is -2.01. The Morgan fingerprint density at radius 1 is 1.11 bits per heavy atom. The summed E-state index contributed by atoms with van der Waals surface area (Å²) in [5, 5.41) is 3.37. The van der Waals surface area contributed by atoms with Crippen LogP contribution in [0.1, 0.15) is 5.56 Å². The minimum absolute atomic E-state index is 0.0488. The second kappa shape index (κ2) is 7.36. The molecule has 2 aromatic heterocycles. The van der Waals surface area contributed by atoms with Gasteiger partial charge in [0, 0.05) is 17.0 Å². The third-order valence-corrected chi connectivity index (χ3v) is 4.68. The van der Waals surface area contributed by atoms with Gasteiger partial charge in [-0.05, 0) is 42.2 Å². The summed E-state index contributed by atoms with van der Waals surface area (Å²) >= 11 is 1.72. The highest BCUT2D eigenvalue weighted by atomic mass is 32.2. The Morgan fingerprint density at radius 3 is 2.85 bits per heavy atom. The van der Waals surface area contributed by atoms with E-state index >= 15 is 0 Å². The van der Waals surface area contributed by atoms with Gasteiger partial charge in [-0.3, -0.25) is 0 Å². The Bertz CT molecular complexity index is 1110. The van der Waals surface area contributed by atoms with Gasteiger partial charge in [0.2, 0.25) is 5.95 Å². The molecule has 2 heterocycles. The number of thioether (sulfide) groups is 1. The number of aromatic nitrogens is 2. The molecule has 4 rings (SSSR count). The lowest BCUT2D eigenvalue weighted by molar-refractivity contribution is 0.605. The second-order valence-corrected chi connectivity index (χ2v) is 6.77. The Balaban J connectivity index is 1.72. The predicted octanol–water partition coefficient (Wildman–Crippen LogP) is 5.77. The molecule has 0 unspecified atom stereocenters. The minimum Gasteiger partial charge on any atom is -0.464 e. The van der Waals surface area contributed by atoms with Crippen molar-refractivity contribution >= 4 is 34.4 Å². The fourth-order valence-corrected chi connectivity index (χ4v) is 3.38. The van der Waals surface area contributed by atoms with Crippen LogP contribution < -0.4 is 5.32 Å². The van der Waals surface area contributed by atoms with Gasteiger partial charge >= 0.3 is 0 Å². The monoisotopic (exact) mass is 383 g/mol. The molecular formula is C20H15F2N3OS. The summed E-state index contributed by atoms with van der Waals surface area (Å²) in [4.78, 5) is 8.30. The molecule has 0 saturated heterocycles. The van der Waals surface area contributed by atoms with Crippen LogP contribution in [0.25, 0.3) is 22.2 Å². The van der Waals surface area contributed by atoms with Crippen LogP contribution in [0.5, 0.6) is 0 Å². The maximum Gasteiger partial charge on any atom is 0.227 e. The number of anilines is 2. The first-order chi connectivity index (χ1) is 13.2. The van der Waals surface area contributed by atoms with E-state index in [1.807, 2.05) is 30.5 Å². The molecule has 2 aromatic carbocycles. The highest BCUT2D eigenvalue weighted by molar-refractivity contribution is 7.97. The van der Waals surface area contributed by atoms with Crippen molar-refractivity contribution in [1.82, 2.24) is 9.97 Å². The smallest absolute Gasteiger partial charge is 0.227 e. The van der Waals surface area contributed by atoms with Crippen molar-refractivity contribution in [3.63, 3.8) is 0 Å². The standard InChI is InChI=1S/C20H15F2N3OS/c1-27-11-12-3-2-4-13(9-12)24-20-23-10-17(22)18(25-20)15-5-6-16(21)14-7-8-26-19(14)15/h2-10H,11H2,1H3,(H,23,24,25). The van der Waals surface area contributed by atoms with E-state index < -0.39 is 11.6 Å². The van der Waals surface area contributed by atoms with Gasteiger partial charge in [-0.25, -0.2) is 18.7 Å². The summed E-state index contributed by atoms with van der Waals surface area (Å²) in [7, 11) is 0. The lowest BCUT2D eigenvalue weighted by atomic mass is 10.1. The van der Waals surface area contributed by atoms with Gasteiger partial charge in [0.15, 0.2) is 5.82 Å². The molecule has 0 radical (unpaired) electrons. The van der Waals surface area contributed by atoms with Crippen molar-refractivity contribution in [2.75, 3.05) is 11.6 Å². The van der Waals surface area contributed by atoms with E-state index in [1.165, 1.54) is 24.5 Å². The molecule has 1 N–H and O–H groups in total. The largest absolute Gasteiger partial charge is 0.464 e. The molecular weight excluding hydrogens is 368 g/mol. The van der Waals surface area contributed by atoms with Gasteiger partial charge in [0.05, 0.1) is 17.8 Å². The molecule has 4 nitrogen and oxygen atoms in total. The molecule has 0 bridgehead atoms. The predicted molar refractivity (Wildman–Crippen MR) is 104 cm³/mol. The summed E-state index contributed by atoms with van der Waals surface area (Å²) in [6, 6.07) is 12.1. The molecule has 0 atom stereocenters. The van der Waals surface area contributed by atoms with E-state index in [4.69, 9.17) is 4.42 Å². The molecule has 0 spiro atoms. The quantitative estimate of drug-likeness (QED) is 0.474. The number of halogens is 2. The third-order valence-electron chi connectivity index (χ3n) is 4.06. The number of furan rings is 1. The maximum absolute atomic E-state index is 14.4. The molecule has 4 aromatic rings. The Kier molecular flexibility index (Phi) is 4.77. The number of nitrogens with one attached hydrogen (secondary N) is 1. The average molecular weight is 383 g/mol. The van der Waals surface area contributed by atoms with E-state index in [0.29, 0.717) is 5.56 Å². The molecule has 27 heavy (non-hydrogen) atoms. The number of hydrogen-bond acceptors (Lipinski definition) is 5. The zero-order chi connectivity index (χ0) is 18.8. The van der Waals surface area contributed by atoms with Crippen molar-refractivity contribution < 1.29 is 13.2 Å². The van der Waals surface area contributed by atoms with Gasteiger partial charge < -0.3 is 9.73 Å². The third kappa shape index (κ3) is 3.50. The first-order valence-corrected chi connectivity index (χ1v) is 9.58. The molecule has 136 valence electrons. The topological polar surface area (TPSA) is 51.0 Å². The van der Waals surface area contributed by atoms with Crippen LogP contribution in [0.2, 0.25) is 0 Å². The molecule has 0 saturated carbocycles. The minimum atomic E-state index is -0.610. The van der Waals surface area contributed by atoms with Crippen LogP contribution in [-0.2, 0) is 5.75 Å². The lowest BCUT2D eigenvalue weighted by Gasteiger charge is -2.09. The van der Waals surface area contributed by atoms with Gasteiger partial charge in [0.1, 0.15) is 17.1 Å². The zero-order valence-corrected chi connectivity index (χ0v) is 15.2. The maximum atomic E-state index is 14.4. The SMILES string of the molecule is CSCc1cccc(Nc2ncc(F)c(-c3ccc(F)c4ccoc34)n2)c1. The Labute approximate surface area is 158 Å².